The van der Waals surface area contributed by atoms with Crippen molar-refractivity contribution in [2.45, 2.75) is 59.8 Å². The molecule has 2 rings (SSSR count). The Kier molecular flexibility index (Phi) is 6.15. The third-order valence-electron chi connectivity index (χ3n) is 5.20. The van der Waals surface area contributed by atoms with Gasteiger partial charge in [0.2, 0.25) is 0 Å². The van der Waals surface area contributed by atoms with Gasteiger partial charge in [0.1, 0.15) is 0 Å². The maximum atomic E-state index is 6.06. The molecule has 0 spiro atoms. The molecule has 1 saturated carbocycles. The van der Waals surface area contributed by atoms with Crippen LogP contribution in [0.5, 0.6) is 0 Å². The fraction of sp³-hybridized carbons (Fsp3) is 0.619. The van der Waals surface area contributed by atoms with Crippen molar-refractivity contribution in [1.82, 2.24) is 0 Å². The molecule has 0 unspecified atom stereocenters. The molecule has 1 aromatic carbocycles. The van der Waals surface area contributed by atoms with Crippen molar-refractivity contribution in [2.24, 2.45) is 23.7 Å². The average Bonchev–Trinajstić information content (AvgIpc) is 2.45. The molecule has 0 saturated heterocycles. The van der Waals surface area contributed by atoms with E-state index in [0.29, 0.717) is 11.8 Å². The van der Waals surface area contributed by atoms with E-state index in [1.807, 2.05) is 12.1 Å². The molecule has 0 aliphatic heterocycles. The summed E-state index contributed by atoms with van der Waals surface area (Å²) in [6.45, 7) is 11.8. The molecule has 0 N–H and O–H groups in total. The summed E-state index contributed by atoms with van der Waals surface area (Å²) in [4.78, 5) is 0. The van der Waals surface area contributed by atoms with Crippen molar-refractivity contribution in [3.05, 3.63) is 46.5 Å². The molecular formula is C21H31Cl. The van der Waals surface area contributed by atoms with Gasteiger partial charge in [-0.1, -0.05) is 70.0 Å². The molecule has 0 nitrogen and oxygen atoms in total. The van der Waals surface area contributed by atoms with Crippen LogP contribution in [-0.4, -0.2) is 0 Å². The highest BCUT2D eigenvalue weighted by Crippen LogP contribution is 2.40. The second-order valence-electron chi connectivity index (χ2n) is 7.80. The first-order valence-electron chi connectivity index (χ1n) is 8.84. The van der Waals surface area contributed by atoms with Gasteiger partial charge in [-0.25, -0.2) is 0 Å². The lowest BCUT2D eigenvalue weighted by molar-refractivity contribution is 0.305. The highest BCUT2D eigenvalue weighted by Gasteiger charge is 2.27. The van der Waals surface area contributed by atoms with E-state index in [9.17, 15) is 0 Å². The van der Waals surface area contributed by atoms with Gasteiger partial charge < -0.3 is 0 Å². The number of benzene rings is 1. The lowest BCUT2D eigenvalue weighted by atomic mass is 9.72. The molecule has 1 aliphatic rings. The summed E-state index contributed by atoms with van der Waals surface area (Å²) in [5.74, 6) is 3.46. The molecule has 0 radical (unpaired) electrons. The summed E-state index contributed by atoms with van der Waals surface area (Å²) >= 11 is 6.06. The average molecular weight is 319 g/mol. The number of halogens is 1. The van der Waals surface area contributed by atoms with Crippen molar-refractivity contribution in [3.63, 3.8) is 0 Å². The van der Waals surface area contributed by atoms with Crippen LogP contribution in [-0.2, 0) is 0 Å². The van der Waals surface area contributed by atoms with Crippen LogP contribution in [0.15, 0.2) is 35.9 Å². The lowest BCUT2D eigenvalue weighted by Gasteiger charge is -2.34. The van der Waals surface area contributed by atoms with Gasteiger partial charge in [-0.3, -0.25) is 0 Å². The fourth-order valence-electron chi connectivity index (χ4n) is 3.85. The largest absolute Gasteiger partial charge is 0.0843 e. The van der Waals surface area contributed by atoms with E-state index in [0.717, 1.165) is 22.8 Å². The summed E-state index contributed by atoms with van der Waals surface area (Å²) in [6, 6.07) is 8.43. The van der Waals surface area contributed by atoms with Crippen LogP contribution >= 0.6 is 11.6 Å². The van der Waals surface area contributed by atoms with Crippen LogP contribution in [0.2, 0.25) is 5.02 Å². The molecule has 0 bridgehead atoms. The Bertz CT molecular complexity index is 495. The number of rotatable bonds is 4. The number of hydrogen-bond donors (Lipinski definition) is 0. The van der Waals surface area contributed by atoms with E-state index < -0.39 is 0 Å². The van der Waals surface area contributed by atoms with E-state index in [1.165, 1.54) is 24.8 Å². The maximum Gasteiger partial charge on any atom is 0.0406 e. The zero-order chi connectivity index (χ0) is 16.3. The van der Waals surface area contributed by atoms with Gasteiger partial charge in [0.15, 0.2) is 0 Å². The van der Waals surface area contributed by atoms with Crippen LogP contribution in [0.3, 0.4) is 0 Å². The Morgan fingerprint density at radius 2 is 1.68 bits per heavy atom. The minimum Gasteiger partial charge on any atom is -0.0843 e. The monoisotopic (exact) mass is 318 g/mol. The molecule has 3 atom stereocenters. The summed E-state index contributed by atoms with van der Waals surface area (Å²) in [6.07, 6.45) is 6.61. The minimum atomic E-state index is 0.499. The summed E-state index contributed by atoms with van der Waals surface area (Å²) in [7, 11) is 0. The number of hydrogen-bond acceptors (Lipinski definition) is 0. The molecule has 1 heteroatoms. The highest BCUT2D eigenvalue weighted by molar-refractivity contribution is 6.30. The molecule has 22 heavy (non-hydrogen) atoms. The predicted molar refractivity (Wildman–Crippen MR) is 98.5 cm³/mol. The zero-order valence-electron chi connectivity index (χ0n) is 14.8. The number of allylic oxidation sites excluding steroid dienone is 2. The van der Waals surface area contributed by atoms with Crippen molar-refractivity contribution in [2.75, 3.05) is 0 Å². The Hall–Kier alpha value is -0.750. The van der Waals surface area contributed by atoms with Gasteiger partial charge in [0, 0.05) is 10.9 Å². The molecule has 0 amide bonds. The molecule has 122 valence electrons. The van der Waals surface area contributed by atoms with Crippen LogP contribution in [0.4, 0.5) is 0 Å². The van der Waals surface area contributed by atoms with Gasteiger partial charge in [0.05, 0.1) is 0 Å². The van der Waals surface area contributed by atoms with E-state index in [1.54, 1.807) is 5.57 Å². The highest BCUT2D eigenvalue weighted by atomic mass is 35.5. The van der Waals surface area contributed by atoms with E-state index in [4.69, 9.17) is 11.6 Å². The molecule has 1 aromatic rings. The van der Waals surface area contributed by atoms with E-state index in [2.05, 4.69) is 52.8 Å². The van der Waals surface area contributed by atoms with Crippen molar-refractivity contribution >= 4 is 11.6 Å². The summed E-state index contributed by atoms with van der Waals surface area (Å²) in [5.41, 5.74) is 3.09. The van der Waals surface area contributed by atoms with Gasteiger partial charge in [-0.15, -0.1) is 0 Å². The van der Waals surface area contributed by atoms with E-state index >= 15 is 0 Å². The third kappa shape index (κ3) is 4.38. The molecule has 0 aromatic heterocycles. The topological polar surface area (TPSA) is 0 Å². The maximum absolute atomic E-state index is 6.06. The first-order chi connectivity index (χ1) is 10.4. The van der Waals surface area contributed by atoms with Gasteiger partial charge in [0.25, 0.3) is 0 Å². The van der Waals surface area contributed by atoms with Gasteiger partial charge in [-0.2, -0.15) is 0 Å². The summed E-state index contributed by atoms with van der Waals surface area (Å²) < 4.78 is 0. The second kappa shape index (κ2) is 7.68. The van der Waals surface area contributed by atoms with E-state index in [-0.39, 0.29) is 0 Å². The quantitative estimate of drug-likeness (QED) is 0.519. The standard InChI is InChI=1S/C21H31Cl/c1-14(2)20-11-6-16(5)12-18(20)13-21(15(3)4)17-7-9-19(22)10-8-17/h7-10,13-16,20-21H,6,11-12H2,1-5H3/b18-13+/t16-,20+,21-/m0/s1. The third-order valence-corrected chi connectivity index (χ3v) is 5.45. The Morgan fingerprint density at radius 3 is 2.23 bits per heavy atom. The molecule has 1 fully saturated rings. The smallest absolute Gasteiger partial charge is 0.0406 e. The van der Waals surface area contributed by atoms with Crippen LogP contribution in [0, 0.1) is 23.7 Å². The summed E-state index contributed by atoms with van der Waals surface area (Å²) in [5, 5.41) is 0.824. The van der Waals surface area contributed by atoms with Crippen LogP contribution in [0.1, 0.15) is 65.4 Å². The van der Waals surface area contributed by atoms with Crippen molar-refractivity contribution in [3.8, 4) is 0 Å². The Morgan fingerprint density at radius 1 is 1.05 bits per heavy atom. The van der Waals surface area contributed by atoms with Gasteiger partial charge >= 0.3 is 0 Å². The first kappa shape index (κ1) is 17.6. The minimum absolute atomic E-state index is 0.499. The predicted octanol–water partition coefficient (Wildman–Crippen LogP) is 7.10. The lowest BCUT2D eigenvalue weighted by Crippen LogP contribution is -2.21. The molecule has 1 aliphatic carbocycles. The van der Waals surface area contributed by atoms with Crippen LogP contribution in [0.25, 0.3) is 0 Å². The fourth-order valence-corrected chi connectivity index (χ4v) is 3.97. The SMILES string of the molecule is CC(C)[C@H](/C=C1\C[C@@H](C)CC[C@@H]1C(C)C)c1ccc(Cl)cc1. The normalized spacial score (nSPS) is 25.9. The molecule has 0 heterocycles. The Labute approximate surface area is 142 Å². The van der Waals surface area contributed by atoms with Gasteiger partial charge in [-0.05, 0) is 60.6 Å². The van der Waals surface area contributed by atoms with Crippen LogP contribution < -0.4 is 0 Å². The first-order valence-corrected chi connectivity index (χ1v) is 9.22. The Balaban J connectivity index is 2.32. The van der Waals surface area contributed by atoms with Crippen molar-refractivity contribution < 1.29 is 0 Å². The molecular weight excluding hydrogens is 288 g/mol. The zero-order valence-corrected chi connectivity index (χ0v) is 15.5. The second-order valence-corrected chi connectivity index (χ2v) is 8.24. The van der Waals surface area contributed by atoms with Crippen molar-refractivity contribution in [1.29, 1.82) is 0 Å².